The molecule has 0 spiro atoms. The van der Waals surface area contributed by atoms with E-state index in [2.05, 4.69) is 62.3 Å². The highest BCUT2D eigenvalue weighted by Crippen LogP contribution is 2.22. The summed E-state index contributed by atoms with van der Waals surface area (Å²) < 4.78 is 0. The van der Waals surface area contributed by atoms with E-state index in [1.54, 1.807) is 0 Å². The molecule has 1 saturated heterocycles. The molecule has 2 rings (SSSR count). The van der Waals surface area contributed by atoms with E-state index in [0.29, 0.717) is 0 Å². The number of rotatable bonds is 4. The van der Waals surface area contributed by atoms with E-state index in [9.17, 15) is 0 Å². The molecule has 0 radical (unpaired) electrons. The maximum Gasteiger partial charge on any atom is 0.00767 e. The first-order chi connectivity index (χ1) is 9.99. The van der Waals surface area contributed by atoms with Crippen LogP contribution in [0, 0.1) is 0 Å². The number of likely N-dealkylation sites (tertiary alicyclic amines) is 1. The van der Waals surface area contributed by atoms with Crippen molar-refractivity contribution < 1.29 is 0 Å². The molecule has 1 aliphatic heterocycles. The molecule has 0 saturated carbocycles. The molecule has 1 aliphatic rings. The summed E-state index contributed by atoms with van der Waals surface area (Å²) in [4.78, 5) is 2.63. The van der Waals surface area contributed by atoms with Gasteiger partial charge in [0.05, 0.1) is 0 Å². The highest BCUT2D eigenvalue weighted by molar-refractivity contribution is 5.27. The molecule has 118 valence electrons. The first-order valence-corrected chi connectivity index (χ1v) is 8.48. The van der Waals surface area contributed by atoms with Crippen molar-refractivity contribution in [1.82, 2.24) is 10.2 Å². The minimum Gasteiger partial charge on any atom is -0.317 e. The molecule has 0 aliphatic carbocycles. The van der Waals surface area contributed by atoms with Crippen LogP contribution in [0.2, 0.25) is 0 Å². The highest BCUT2D eigenvalue weighted by Gasteiger charge is 2.16. The van der Waals surface area contributed by atoms with E-state index in [-0.39, 0.29) is 5.41 Å². The highest BCUT2D eigenvalue weighted by atomic mass is 15.1. The van der Waals surface area contributed by atoms with Crippen LogP contribution >= 0.6 is 0 Å². The Balaban J connectivity index is 1.83. The lowest BCUT2D eigenvalue weighted by Crippen LogP contribution is -2.29. The van der Waals surface area contributed by atoms with Crippen molar-refractivity contribution in [2.24, 2.45) is 0 Å². The lowest BCUT2D eigenvalue weighted by Gasteiger charge is -2.21. The lowest BCUT2D eigenvalue weighted by atomic mass is 9.86. The standard InChI is InChI=1S/C19H32N2/c1-19(2,3)17-9-7-16(8-10-17)11-14-21-13-5-6-18(20-4)12-15-21/h7-10,18,20H,5-6,11-15H2,1-4H3. The maximum absolute atomic E-state index is 3.43. The van der Waals surface area contributed by atoms with Crippen molar-refractivity contribution >= 4 is 0 Å². The monoisotopic (exact) mass is 288 g/mol. The van der Waals surface area contributed by atoms with Gasteiger partial charge in [0.15, 0.2) is 0 Å². The van der Waals surface area contributed by atoms with Crippen molar-refractivity contribution in [3.63, 3.8) is 0 Å². The van der Waals surface area contributed by atoms with Crippen LogP contribution in [0.25, 0.3) is 0 Å². The Bertz CT molecular complexity index is 416. The third-order valence-electron chi connectivity index (χ3n) is 4.77. The fourth-order valence-corrected chi connectivity index (χ4v) is 3.13. The van der Waals surface area contributed by atoms with Gasteiger partial charge in [-0.3, -0.25) is 0 Å². The van der Waals surface area contributed by atoms with Crippen molar-refractivity contribution in [3.8, 4) is 0 Å². The molecule has 21 heavy (non-hydrogen) atoms. The molecule has 0 bridgehead atoms. The largest absolute Gasteiger partial charge is 0.317 e. The summed E-state index contributed by atoms with van der Waals surface area (Å²) in [5.74, 6) is 0. The first-order valence-electron chi connectivity index (χ1n) is 8.48. The molecular formula is C19H32N2. The molecule has 1 aromatic rings. The first kappa shape index (κ1) is 16.5. The number of nitrogens with one attached hydrogen (secondary N) is 1. The molecule has 1 aromatic carbocycles. The van der Waals surface area contributed by atoms with E-state index in [0.717, 1.165) is 6.04 Å². The van der Waals surface area contributed by atoms with Gasteiger partial charge in [-0.05, 0) is 62.4 Å². The lowest BCUT2D eigenvalue weighted by molar-refractivity contribution is 0.286. The Morgan fingerprint density at radius 1 is 1.10 bits per heavy atom. The Kier molecular flexibility index (Phi) is 5.83. The van der Waals surface area contributed by atoms with Gasteiger partial charge in [-0.25, -0.2) is 0 Å². The summed E-state index contributed by atoms with van der Waals surface area (Å²) in [5.41, 5.74) is 3.15. The second-order valence-electron chi connectivity index (χ2n) is 7.46. The molecule has 0 aromatic heterocycles. The summed E-state index contributed by atoms with van der Waals surface area (Å²) >= 11 is 0. The van der Waals surface area contributed by atoms with Gasteiger partial charge in [-0.15, -0.1) is 0 Å². The molecule has 2 heteroatoms. The van der Waals surface area contributed by atoms with Crippen LogP contribution in [0.3, 0.4) is 0 Å². The number of nitrogens with zero attached hydrogens (tertiary/aromatic N) is 1. The van der Waals surface area contributed by atoms with Crippen LogP contribution < -0.4 is 5.32 Å². The van der Waals surface area contributed by atoms with Crippen LogP contribution in [-0.2, 0) is 11.8 Å². The third-order valence-corrected chi connectivity index (χ3v) is 4.77. The van der Waals surface area contributed by atoms with Crippen molar-refractivity contribution in [1.29, 1.82) is 0 Å². The van der Waals surface area contributed by atoms with Gasteiger partial charge in [0.1, 0.15) is 0 Å². The predicted molar refractivity (Wildman–Crippen MR) is 92.0 cm³/mol. The zero-order chi connectivity index (χ0) is 15.3. The van der Waals surface area contributed by atoms with Gasteiger partial charge in [0.25, 0.3) is 0 Å². The molecule has 1 heterocycles. The van der Waals surface area contributed by atoms with Gasteiger partial charge >= 0.3 is 0 Å². The third kappa shape index (κ3) is 5.12. The average molecular weight is 288 g/mol. The second kappa shape index (κ2) is 7.42. The van der Waals surface area contributed by atoms with Crippen LogP contribution in [0.5, 0.6) is 0 Å². The van der Waals surface area contributed by atoms with Crippen LogP contribution in [0.15, 0.2) is 24.3 Å². The van der Waals surface area contributed by atoms with Gasteiger partial charge < -0.3 is 10.2 Å². The molecule has 1 unspecified atom stereocenters. The van der Waals surface area contributed by atoms with Crippen molar-refractivity contribution in [3.05, 3.63) is 35.4 Å². The van der Waals surface area contributed by atoms with Crippen molar-refractivity contribution in [2.75, 3.05) is 26.7 Å². The second-order valence-corrected chi connectivity index (χ2v) is 7.46. The molecule has 0 amide bonds. The number of hydrogen-bond acceptors (Lipinski definition) is 2. The smallest absolute Gasteiger partial charge is 0.00767 e. The molecule has 2 nitrogen and oxygen atoms in total. The minimum atomic E-state index is 0.255. The molecule has 1 N–H and O–H groups in total. The van der Waals surface area contributed by atoms with Gasteiger partial charge in [-0.1, -0.05) is 45.0 Å². The zero-order valence-corrected chi connectivity index (χ0v) is 14.3. The van der Waals surface area contributed by atoms with Gasteiger partial charge in [0.2, 0.25) is 0 Å². The summed E-state index contributed by atoms with van der Waals surface area (Å²) in [7, 11) is 2.09. The van der Waals surface area contributed by atoms with Gasteiger partial charge in [-0.2, -0.15) is 0 Å². The predicted octanol–water partition coefficient (Wildman–Crippen LogP) is 3.60. The van der Waals surface area contributed by atoms with Crippen molar-refractivity contribution in [2.45, 2.75) is 57.9 Å². The Morgan fingerprint density at radius 3 is 2.43 bits per heavy atom. The molecule has 1 atom stereocenters. The topological polar surface area (TPSA) is 15.3 Å². The van der Waals surface area contributed by atoms with E-state index in [1.165, 1.54) is 56.4 Å². The Labute approximate surface area is 130 Å². The maximum atomic E-state index is 3.43. The van der Waals surface area contributed by atoms with E-state index < -0.39 is 0 Å². The zero-order valence-electron chi connectivity index (χ0n) is 14.3. The fraction of sp³-hybridized carbons (Fsp3) is 0.684. The van der Waals surface area contributed by atoms with E-state index in [4.69, 9.17) is 0 Å². The summed E-state index contributed by atoms with van der Waals surface area (Å²) in [6, 6.07) is 9.95. The summed E-state index contributed by atoms with van der Waals surface area (Å²) in [6.45, 7) is 10.5. The van der Waals surface area contributed by atoms with Gasteiger partial charge in [0, 0.05) is 12.6 Å². The fourth-order valence-electron chi connectivity index (χ4n) is 3.13. The number of benzene rings is 1. The van der Waals surface area contributed by atoms with E-state index >= 15 is 0 Å². The summed E-state index contributed by atoms with van der Waals surface area (Å²) in [5, 5.41) is 3.43. The van der Waals surface area contributed by atoms with Crippen LogP contribution in [-0.4, -0.2) is 37.6 Å². The molecular weight excluding hydrogens is 256 g/mol. The number of hydrogen-bond donors (Lipinski definition) is 1. The SMILES string of the molecule is CNC1CCCN(CCc2ccc(C(C)(C)C)cc2)CC1. The van der Waals surface area contributed by atoms with Crippen LogP contribution in [0.1, 0.15) is 51.2 Å². The quantitative estimate of drug-likeness (QED) is 0.910. The van der Waals surface area contributed by atoms with E-state index in [1.807, 2.05) is 0 Å². The average Bonchev–Trinajstić information content (AvgIpc) is 2.69. The Morgan fingerprint density at radius 2 is 1.81 bits per heavy atom. The Hall–Kier alpha value is -0.860. The molecule has 1 fully saturated rings. The van der Waals surface area contributed by atoms with Crippen LogP contribution in [0.4, 0.5) is 0 Å². The normalized spacial score (nSPS) is 21.2. The summed E-state index contributed by atoms with van der Waals surface area (Å²) in [6.07, 6.45) is 5.12. The minimum absolute atomic E-state index is 0.255.